The second kappa shape index (κ2) is 5.74. The molecule has 0 amide bonds. The highest BCUT2D eigenvalue weighted by molar-refractivity contribution is 6.30. The third-order valence-electron chi connectivity index (χ3n) is 4.72. The Hall–Kier alpha value is -2.60. The molecule has 7 heteroatoms. The number of rotatable bonds is 2. The van der Waals surface area contributed by atoms with E-state index in [9.17, 15) is 0 Å². The fraction of sp³-hybridized carbons (Fsp3) is 0.278. The first-order valence-electron chi connectivity index (χ1n) is 8.31. The molecule has 0 unspecified atom stereocenters. The molecule has 2 aliphatic heterocycles. The zero-order valence-corrected chi connectivity index (χ0v) is 14.3. The fourth-order valence-electron chi connectivity index (χ4n) is 3.39. The van der Waals surface area contributed by atoms with Crippen LogP contribution in [0.5, 0.6) is 11.5 Å². The van der Waals surface area contributed by atoms with Crippen molar-refractivity contribution in [1.29, 1.82) is 0 Å². The average Bonchev–Trinajstić information content (AvgIpc) is 3.25. The first-order valence-corrected chi connectivity index (χ1v) is 8.69. The Balaban J connectivity index is 1.34. The van der Waals surface area contributed by atoms with E-state index in [0.29, 0.717) is 0 Å². The largest absolute Gasteiger partial charge is 0.454 e. The lowest BCUT2D eigenvalue weighted by Gasteiger charge is -2.36. The summed E-state index contributed by atoms with van der Waals surface area (Å²) in [6.45, 7) is 3.94. The molecule has 1 aromatic heterocycles. The van der Waals surface area contributed by atoms with Gasteiger partial charge in [-0.1, -0.05) is 17.7 Å². The standard InChI is InChI=1S/C18H17ClN4O2/c19-12-2-1-3-13(8-12)22-4-6-23(7-5-22)18-20-14-9-16-17(25-11-24-16)10-15(14)21-18/h1-3,8-10H,4-7,11H2,(H,20,21). The topological polar surface area (TPSA) is 53.6 Å². The Labute approximate surface area is 149 Å². The molecule has 2 aliphatic rings. The van der Waals surface area contributed by atoms with Crippen LogP contribution in [0, 0.1) is 0 Å². The van der Waals surface area contributed by atoms with Gasteiger partial charge in [0.1, 0.15) is 0 Å². The van der Waals surface area contributed by atoms with Gasteiger partial charge in [0.25, 0.3) is 0 Å². The highest BCUT2D eigenvalue weighted by Gasteiger charge is 2.21. The summed E-state index contributed by atoms with van der Waals surface area (Å²) in [5, 5.41) is 0.773. The van der Waals surface area contributed by atoms with E-state index < -0.39 is 0 Å². The summed E-state index contributed by atoms with van der Waals surface area (Å²) in [7, 11) is 0. The number of nitrogens with one attached hydrogen (secondary N) is 1. The van der Waals surface area contributed by atoms with Gasteiger partial charge >= 0.3 is 0 Å². The Morgan fingerprint density at radius 3 is 2.52 bits per heavy atom. The van der Waals surface area contributed by atoms with E-state index in [1.807, 2.05) is 30.3 Å². The molecular weight excluding hydrogens is 340 g/mol. The number of aromatic nitrogens is 2. The number of imidazole rings is 1. The van der Waals surface area contributed by atoms with Gasteiger partial charge in [0.15, 0.2) is 11.5 Å². The maximum Gasteiger partial charge on any atom is 0.231 e. The highest BCUT2D eigenvalue weighted by Crippen LogP contribution is 2.36. The van der Waals surface area contributed by atoms with Crippen molar-refractivity contribution in [3.8, 4) is 11.5 Å². The normalized spacial score (nSPS) is 16.7. The summed E-state index contributed by atoms with van der Waals surface area (Å²) < 4.78 is 10.9. The monoisotopic (exact) mass is 356 g/mol. The molecule has 0 bridgehead atoms. The Kier molecular flexibility index (Phi) is 3.38. The van der Waals surface area contributed by atoms with Crippen LogP contribution in [-0.2, 0) is 0 Å². The summed E-state index contributed by atoms with van der Waals surface area (Å²) in [5.41, 5.74) is 3.04. The summed E-state index contributed by atoms with van der Waals surface area (Å²) in [5.74, 6) is 2.43. The van der Waals surface area contributed by atoms with Crippen molar-refractivity contribution in [3.05, 3.63) is 41.4 Å². The van der Waals surface area contributed by atoms with Crippen molar-refractivity contribution in [3.63, 3.8) is 0 Å². The number of ether oxygens (including phenoxy) is 2. The molecule has 0 aliphatic carbocycles. The quantitative estimate of drug-likeness (QED) is 0.763. The molecule has 5 rings (SSSR count). The number of fused-ring (bicyclic) bond motifs is 2. The van der Waals surface area contributed by atoms with Crippen molar-refractivity contribution in [2.24, 2.45) is 0 Å². The molecule has 0 atom stereocenters. The van der Waals surface area contributed by atoms with Crippen LogP contribution in [0.2, 0.25) is 5.02 Å². The predicted octanol–water partition coefficient (Wildman–Crippen LogP) is 3.27. The minimum Gasteiger partial charge on any atom is -0.454 e. The SMILES string of the molecule is Clc1cccc(N2CCN(c3nc4cc5c(cc4[nH]3)OCO5)CC2)c1. The van der Waals surface area contributed by atoms with E-state index in [4.69, 9.17) is 26.1 Å². The van der Waals surface area contributed by atoms with Crippen LogP contribution in [0.1, 0.15) is 0 Å². The average molecular weight is 357 g/mol. The van der Waals surface area contributed by atoms with Crippen molar-refractivity contribution in [2.75, 3.05) is 42.8 Å². The van der Waals surface area contributed by atoms with Crippen molar-refractivity contribution in [2.45, 2.75) is 0 Å². The lowest BCUT2D eigenvalue weighted by atomic mass is 10.2. The lowest BCUT2D eigenvalue weighted by Crippen LogP contribution is -2.46. The molecule has 0 spiro atoms. The molecule has 1 saturated heterocycles. The first kappa shape index (κ1) is 14.7. The van der Waals surface area contributed by atoms with Gasteiger partial charge in [-0.05, 0) is 18.2 Å². The Bertz CT molecular complexity index is 893. The molecule has 0 radical (unpaired) electrons. The fourth-order valence-corrected chi connectivity index (χ4v) is 3.57. The smallest absolute Gasteiger partial charge is 0.231 e. The van der Waals surface area contributed by atoms with E-state index >= 15 is 0 Å². The molecule has 0 saturated carbocycles. The molecular formula is C18H17ClN4O2. The second-order valence-corrected chi connectivity index (χ2v) is 6.67. The van der Waals surface area contributed by atoms with Gasteiger partial charge in [0.2, 0.25) is 12.7 Å². The van der Waals surface area contributed by atoms with E-state index in [2.05, 4.69) is 20.9 Å². The Morgan fingerprint density at radius 2 is 1.72 bits per heavy atom. The van der Waals surface area contributed by atoms with E-state index in [-0.39, 0.29) is 6.79 Å². The maximum atomic E-state index is 6.10. The first-order chi connectivity index (χ1) is 12.3. The van der Waals surface area contributed by atoms with Crippen LogP contribution in [0.15, 0.2) is 36.4 Å². The van der Waals surface area contributed by atoms with Crippen LogP contribution >= 0.6 is 11.6 Å². The highest BCUT2D eigenvalue weighted by atomic mass is 35.5. The third kappa shape index (κ3) is 2.62. The molecule has 1 fully saturated rings. The number of H-pyrrole nitrogens is 1. The number of nitrogens with zero attached hydrogens (tertiary/aromatic N) is 3. The molecule has 1 N–H and O–H groups in total. The number of hydrogen-bond acceptors (Lipinski definition) is 5. The van der Waals surface area contributed by atoms with Crippen molar-refractivity contribution < 1.29 is 9.47 Å². The molecule has 6 nitrogen and oxygen atoms in total. The summed E-state index contributed by atoms with van der Waals surface area (Å²) in [6, 6.07) is 11.9. The van der Waals surface area contributed by atoms with Crippen LogP contribution in [0.25, 0.3) is 11.0 Å². The number of anilines is 2. The summed E-state index contributed by atoms with van der Waals surface area (Å²) in [6.07, 6.45) is 0. The summed E-state index contributed by atoms with van der Waals surface area (Å²) in [4.78, 5) is 12.7. The zero-order valence-electron chi connectivity index (χ0n) is 13.5. The minimum absolute atomic E-state index is 0.278. The number of hydrogen-bond donors (Lipinski definition) is 1. The van der Waals surface area contributed by atoms with Crippen molar-refractivity contribution in [1.82, 2.24) is 9.97 Å². The van der Waals surface area contributed by atoms with Crippen molar-refractivity contribution >= 4 is 34.3 Å². The minimum atomic E-state index is 0.278. The van der Waals surface area contributed by atoms with Gasteiger partial charge in [-0.2, -0.15) is 0 Å². The van der Waals surface area contributed by atoms with Gasteiger partial charge in [0, 0.05) is 49.0 Å². The van der Waals surface area contributed by atoms with E-state index in [1.54, 1.807) is 0 Å². The van der Waals surface area contributed by atoms with Crippen LogP contribution < -0.4 is 19.3 Å². The van der Waals surface area contributed by atoms with E-state index in [0.717, 1.165) is 59.7 Å². The molecule has 2 aromatic carbocycles. The molecule has 25 heavy (non-hydrogen) atoms. The van der Waals surface area contributed by atoms with Gasteiger partial charge in [-0.25, -0.2) is 4.98 Å². The molecule has 128 valence electrons. The number of piperazine rings is 1. The van der Waals surface area contributed by atoms with Crippen LogP contribution in [0.4, 0.5) is 11.6 Å². The number of halogens is 1. The van der Waals surface area contributed by atoms with Gasteiger partial charge in [-0.15, -0.1) is 0 Å². The lowest BCUT2D eigenvalue weighted by molar-refractivity contribution is 0.174. The molecule has 3 heterocycles. The zero-order chi connectivity index (χ0) is 16.8. The number of benzene rings is 2. The van der Waals surface area contributed by atoms with Gasteiger partial charge < -0.3 is 24.3 Å². The van der Waals surface area contributed by atoms with E-state index in [1.165, 1.54) is 5.69 Å². The van der Waals surface area contributed by atoms with Gasteiger partial charge in [0.05, 0.1) is 11.0 Å². The van der Waals surface area contributed by atoms with Crippen LogP contribution in [-0.4, -0.2) is 42.9 Å². The number of aromatic amines is 1. The third-order valence-corrected chi connectivity index (χ3v) is 4.95. The second-order valence-electron chi connectivity index (χ2n) is 6.24. The summed E-state index contributed by atoms with van der Waals surface area (Å²) >= 11 is 6.10. The maximum absolute atomic E-state index is 6.10. The van der Waals surface area contributed by atoms with Crippen LogP contribution in [0.3, 0.4) is 0 Å². The molecule has 3 aromatic rings. The Morgan fingerprint density at radius 1 is 0.960 bits per heavy atom. The van der Waals surface area contributed by atoms with Gasteiger partial charge in [-0.3, -0.25) is 0 Å². The predicted molar refractivity (Wildman–Crippen MR) is 98.1 cm³/mol.